The summed E-state index contributed by atoms with van der Waals surface area (Å²) in [5, 5.41) is 0. The van der Waals surface area contributed by atoms with Gasteiger partial charge in [-0.3, -0.25) is 0 Å². The average molecular weight is 298 g/mol. The molecule has 1 unspecified atom stereocenters. The van der Waals surface area contributed by atoms with E-state index in [4.69, 9.17) is 9.47 Å². The summed E-state index contributed by atoms with van der Waals surface area (Å²) in [6.45, 7) is -2.40. The van der Waals surface area contributed by atoms with Crippen molar-refractivity contribution in [2.24, 2.45) is 0 Å². The maximum Gasteiger partial charge on any atom is 1.00 e. The van der Waals surface area contributed by atoms with E-state index >= 15 is 0 Å². The van der Waals surface area contributed by atoms with Crippen LogP contribution in [0.3, 0.4) is 0 Å². The van der Waals surface area contributed by atoms with Gasteiger partial charge in [0.2, 0.25) is 0 Å². The molecule has 1 atom stereocenters. The molecule has 1 aromatic carbocycles. The topological polar surface area (TPSA) is 18.5 Å². The first-order chi connectivity index (χ1) is 8.47. The van der Waals surface area contributed by atoms with Crippen molar-refractivity contribution in [2.45, 2.75) is 25.9 Å². The van der Waals surface area contributed by atoms with Gasteiger partial charge in [-0.1, -0.05) is 23.2 Å². The van der Waals surface area contributed by atoms with Gasteiger partial charge in [0.25, 0.3) is 0 Å². The Hall–Kier alpha value is 0.471. The Morgan fingerprint density at radius 2 is 2.05 bits per heavy atom. The van der Waals surface area contributed by atoms with E-state index in [2.05, 4.69) is 0 Å². The summed E-state index contributed by atoms with van der Waals surface area (Å²) in [6.07, 6.45) is 1.28. The molecule has 0 bridgehead atoms. The third-order valence-corrected chi connectivity index (χ3v) is 2.93. The zero-order valence-electron chi connectivity index (χ0n) is 11.2. The van der Waals surface area contributed by atoms with Gasteiger partial charge in [-0.2, -0.15) is 0 Å². The minimum absolute atomic E-state index is 0. The molecule has 19 heavy (non-hydrogen) atoms. The molecule has 1 heterocycles. The predicted octanol–water partition coefficient (Wildman–Crippen LogP) is -0.389. The molecule has 2 nitrogen and oxygen atoms in total. The molecule has 0 N–H and O–H groups in total. The number of halogens is 3. The Morgan fingerprint density at radius 3 is 2.63 bits per heavy atom. The summed E-state index contributed by atoms with van der Waals surface area (Å²) < 4.78 is 49.4. The van der Waals surface area contributed by atoms with Crippen LogP contribution < -0.4 is 61.6 Å². The van der Waals surface area contributed by atoms with Crippen LogP contribution in [0.2, 0.25) is 0 Å². The Labute approximate surface area is 153 Å². The SMILES string of the molecule is Cc1ccc(OC2CCCOC2)c([B-](F)(F)F)c1.[K+]. The molecule has 0 aliphatic carbocycles. The maximum atomic E-state index is 12.9. The van der Waals surface area contributed by atoms with Gasteiger partial charge in [-0.25, -0.2) is 0 Å². The Bertz CT molecular complexity index is 420. The van der Waals surface area contributed by atoms with E-state index in [0.29, 0.717) is 18.8 Å². The van der Waals surface area contributed by atoms with Crippen LogP contribution in [-0.2, 0) is 4.74 Å². The quantitative estimate of drug-likeness (QED) is 0.708. The Kier molecular flexibility index (Phi) is 6.89. The second kappa shape index (κ2) is 7.47. The van der Waals surface area contributed by atoms with Crippen molar-refractivity contribution < 1.29 is 73.8 Å². The van der Waals surface area contributed by atoms with Crippen molar-refractivity contribution in [1.82, 2.24) is 0 Å². The normalized spacial score (nSPS) is 19.7. The second-order valence-corrected chi connectivity index (χ2v) is 4.57. The Balaban J connectivity index is 0.00000180. The number of hydrogen-bond acceptors (Lipinski definition) is 2. The molecule has 0 saturated carbocycles. The van der Waals surface area contributed by atoms with Crippen LogP contribution in [0.4, 0.5) is 12.9 Å². The number of aryl methyl sites for hydroxylation is 1. The van der Waals surface area contributed by atoms with Crippen LogP contribution in [-0.4, -0.2) is 26.3 Å². The van der Waals surface area contributed by atoms with Gasteiger partial charge >= 0.3 is 58.4 Å². The molecule has 0 amide bonds. The van der Waals surface area contributed by atoms with E-state index < -0.39 is 12.4 Å². The molecule has 1 aliphatic heterocycles. The summed E-state index contributed by atoms with van der Waals surface area (Å²) in [4.78, 5) is 0. The van der Waals surface area contributed by atoms with E-state index in [1.54, 1.807) is 13.0 Å². The average Bonchev–Trinajstić information content (AvgIpc) is 2.31. The predicted molar refractivity (Wildman–Crippen MR) is 64.4 cm³/mol. The zero-order valence-corrected chi connectivity index (χ0v) is 14.3. The smallest absolute Gasteiger partial charge is 0.491 e. The van der Waals surface area contributed by atoms with Crippen LogP contribution in [0.1, 0.15) is 18.4 Å². The molecular formula is C12H15BF3KO2. The minimum Gasteiger partial charge on any atom is -0.491 e. The first-order valence-corrected chi connectivity index (χ1v) is 6.02. The van der Waals surface area contributed by atoms with Crippen LogP contribution >= 0.6 is 0 Å². The fraction of sp³-hybridized carbons (Fsp3) is 0.500. The van der Waals surface area contributed by atoms with Crippen molar-refractivity contribution >= 4 is 12.4 Å². The minimum atomic E-state index is -5.05. The van der Waals surface area contributed by atoms with E-state index in [1.807, 2.05) is 0 Å². The maximum absolute atomic E-state index is 12.9. The van der Waals surface area contributed by atoms with Crippen molar-refractivity contribution in [3.8, 4) is 5.75 Å². The molecule has 1 saturated heterocycles. The Morgan fingerprint density at radius 1 is 1.32 bits per heavy atom. The van der Waals surface area contributed by atoms with Crippen molar-refractivity contribution in [2.75, 3.05) is 13.2 Å². The molecule has 1 aliphatic rings. The number of ether oxygens (including phenoxy) is 2. The van der Waals surface area contributed by atoms with Crippen LogP contribution in [0.15, 0.2) is 18.2 Å². The zero-order chi connectivity index (χ0) is 13.2. The molecule has 7 heteroatoms. The van der Waals surface area contributed by atoms with Crippen molar-refractivity contribution in [3.63, 3.8) is 0 Å². The van der Waals surface area contributed by atoms with Gasteiger partial charge in [-0.05, 0) is 25.8 Å². The number of benzene rings is 1. The van der Waals surface area contributed by atoms with Gasteiger partial charge in [-0.15, -0.1) is 0 Å². The molecule has 0 radical (unpaired) electrons. The molecule has 0 spiro atoms. The fourth-order valence-electron chi connectivity index (χ4n) is 2.01. The molecular weight excluding hydrogens is 283 g/mol. The molecule has 1 aromatic rings. The second-order valence-electron chi connectivity index (χ2n) is 4.57. The van der Waals surface area contributed by atoms with Gasteiger partial charge in [0, 0.05) is 6.61 Å². The van der Waals surface area contributed by atoms with E-state index in [-0.39, 0.29) is 63.2 Å². The summed E-state index contributed by atoms with van der Waals surface area (Å²) in [5.74, 6) is -0.0800. The summed E-state index contributed by atoms with van der Waals surface area (Å²) >= 11 is 0. The van der Waals surface area contributed by atoms with E-state index in [1.165, 1.54) is 6.07 Å². The van der Waals surface area contributed by atoms with Gasteiger partial charge in [0.15, 0.2) is 0 Å². The van der Waals surface area contributed by atoms with Gasteiger partial charge in [0.05, 0.1) is 12.4 Å². The number of hydrogen-bond donors (Lipinski definition) is 0. The first-order valence-electron chi connectivity index (χ1n) is 6.02. The third-order valence-electron chi connectivity index (χ3n) is 2.93. The summed E-state index contributed by atoms with van der Waals surface area (Å²) in [6, 6.07) is 4.16. The standard InChI is InChI=1S/C12H15BF3O2.K/c1-9-4-5-12(11(7-9)13(14,15)16)18-10-3-2-6-17-8-10;/h4-5,7,10H,2-3,6,8H2,1H3;/q-1;+1. The van der Waals surface area contributed by atoms with Gasteiger partial charge < -0.3 is 22.4 Å². The van der Waals surface area contributed by atoms with E-state index in [9.17, 15) is 12.9 Å². The van der Waals surface area contributed by atoms with E-state index in [0.717, 1.165) is 18.9 Å². The van der Waals surface area contributed by atoms with Crippen LogP contribution in [0, 0.1) is 6.92 Å². The summed E-state index contributed by atoms with van der Waals surface area (Å²) in [7, 11) is 0. The van der Waals surface area contributed by atoms with Crippen LogP contribution in [0.25, 0.3) is 0 Å². The summed E-state index contributed by atoms with van der Waals surface area (Å²) in [5.41, 5.74) is -0.0722. The molecule has 0 aromatic heterocycles. The van der Waals surface area contributed by atoms with Crippen molar-refractivity contribution in [3.05, 3.63) is 23.8 Å². The fourth-order valence-corrected chi connectivity index (χ4v) is 2.01. The van der Waals surface area contributed by atoms with Crippen molar-refractivity contribution in [1.29, 1.82) is 0 Å². The van der Waals surface area contributed by atoms with Crippen LogP contribution in [0.5, 0.6) is 5.75 Å². The molecule has 1 fully saturated rings. The first kappa shape index (κ1) is 17.5. The largest absolute Gasteiger partial charge is 1.00 e. The van der Waals surface area contributed by atoms with Gasteiger partial charge in [0.1, 0.15) is 6.10 Å². The molecule has 100 valence electrons. The third kappa shape index (κ3) is 5.06. The number of rotatable bonds is 3. The molecule has 2 rings (SSSR count). The monoisotopic (exact) mass is 298 g/mol.